The van der Waals surface area contributed by atoms with Crippen molar-refractivity contribution in [1.82, 2.24) is 0 Å². The molecule has 1 aromatic rings. The van der Waals surface area contributed by atoms with Gasteiger partial charge in [0.05, 0.1) is 13.2 Å². The van der Waals surface area contributed by atoms with Crippen LogP contribution < -0.4 is 5.73 Å². The van der Waals surface area contributed by atoms with Crippen LogP contribution in [-0.4, -0.2) is 13.2 Å². The molecule has 11 heavy (non-hydrogen) atoms. The van der Waals surface area contributed by atoms with Crippen LogP contribution in [0.3, 0.4) is 0 Å². The van der Waals surface area contributed by atoms with Gasteiger partial charge in [0, 0.05) is 21.3 Å². The Morgan fingerprint density at radius 3 is 3.00 bits per heavy atom. The standard InChI is InChI=1S/C7H10BrNOS/c8-6-3-7(11-5-6)4-10-2-1-9/h3,5H,1-2,4,9H2. The fraction of sp³-hybridized carbons (Fsp3) is 0.429. The molecule has 1 rings (SSSR count). The maximum atomic E-state index is 5.27. The van der Waals surface area contributed by atoms with Crippen LogP contribution in [0.5, 0.6) is 0 Å². The molecular weight excluding hydrogens is 226 g/mol. The van der Waals surface area contributed by atoms with E-state index in [-0.39, 0.29) is 0 Å². The highest BCUT2D eigenvalue weighted by atomic mass is 79.9. The second-order valence-corrected chi connectivity index (χ2v) is 3.98. The van der Waals surface area contributed by atoms with Crippen molar-refractivity contribution in [2.24, 2.45) is 5.73 Å². The second kappa shape index (κ2) is 4.87. The number of hydrogen-bond acceptors (Lipinski definition) is 3. The molecule has 0 saturated heterocycles. The van der Waals surface area contributed by atoms with Crippen molar-refractivity contribution in [2.75, 3.05) is 13.2 Å². The molecule has 0 spiro atoms. The van der Waals surface area contributed by atoms with E-state index < -0.39 is 0 Å². The second-order valence-electron chi connectivity index (χ2n) is 2.07. The van der Waals surface area contributed by atoms with E-state index in [1.165, 1.54) is 4.88 Å². The summed E-state index contributed by atoms with van der Waals surface area (Å²) < 4.78 is 6.37. The van der Waals surface area contributed by atoms with E-state index in [4.69, 9.17) is 10.5 Å². The lowest BCUT2D eigenvalue weighted by molar-refractivity contribution is 0.130. The highest BCUT2D eigenvalue weighted by molar-refractivity contribution is 9.10. The molecule has 0 amide bonds. The Morgan fingerprint density at radius 2 is 2.45 bits per heavy atom. The van der Waals surface area contributed by atoms with Crippen LogP contribution in [0.4, 0.5) is 0 Å². The smallest absolute Gasteiger partial charge is 0.0810 e. The van der Waals surface area contributed by atoms with Gasteiger partial charge >= 0.3 is 0 Å². The van der Waals surface area contributed by atoms with Gasteiger partial charge in [0.25, 0.3) is 0 Å². The van der Waals surface area contributed by atoms with E-state index in [1.807, 2.05) is 5.38 Å². The van der Waals surface area contributed by atoms with Crippen molar-refractivity contribution in [3.05, 3.63) is 20.8 Å². The highest BCUT2D eigenvalue weighted by Crippen LogP contribution is 2.19. The summed E-state index contributed by atoms with van der Waals surface area (Å²) in [6, 6.07) is 2.06. The molecule has 4 heteroatoms. The summed E-state index contributed by atoms with van der Waals surface area (Å²) in [5.74, 6) is 0. The number of rotatable bonds is 4. The van der Waals surface area contributed by atoms with Crippen LogP contribution in [0, 0.1) is 0 Å². The third kappa shape index (κ3) is 3.33. The van der Waals surface area contributed by atoms with Crippen LogP contribution in [0.2, 0.25) is 0 Å². The van der Waals surface area contributed by atoms with Crippen LogP contribution >= 0.6 is 27.3 Å². The Hall–Kier alpha value is 0.1000. The number of halogens is 1. The Balaban J connectivity index is 2.27. The quantitative estimate of drug-likeness (QED) is 0.811. The first-order chi connectivity index (χ1) is 5.33. The van der Waals surface area contributed by atoms with E-state index in [0.717, 1.165) is 4.47 Å². The third-order valence-corrected chi connectivity index (χ3v) is 2.80. The fourth-order valence-corrected chi connectivity index (χ4v) is 2.07. The van der Waals surface area contributed by atoms with E-state index in [0.29, 0.717) is 19.8 Å². The fourth-order valence-electron chi connectivity index (χ4n) is 0.686. The van der Waals surface area contributed by atoms with Crippen LogP contribution in [0.15, 0.2) is 15.9 Å². The maximum Gasteiger partial charge on any atom is 0.0810 e. The SMILES string of the molecule is NCCOCc1cc(Br)cs1. The summed E-state index contributed by atoms with van der Waals surface area (Å²) in [7, 11) is 0. The maximum absolute atomic E-state index is 5.27. The van der Waals surface area contributed by atoms with Gasteiger partial charge in [0.1, 0.15) is 0 Å². The van der Waals surface area contributed by atoms with Crippen LogP contribution in [0.25, 0.3) is 0 Å². The largest absolute Gasteiger partial charge is 0.375 e. The molecule has 0 atom stereocenters. The van der Waals surface area contributed by atoms with Gasteiger partial charge in [-0.1, -0.05) is 0 Å². The Morgan fingerprint density at radius 1 is 1.64 bits per heavy atom. The Bertz CT molecular complexity index is 214. The number of thiophene rings is 1. The summed E-state index contributed by atoms with van der Waals surface area (Å²) in [5, 5.41) is 2.04. The lowest BCUT2D eigenvalue weighted by Crippen LogP contribution is -2.07. The first kappa shape index (κ1) is 9.19. The lowest BCUT2D eigenvalue weighted by Gasteiger charge is -1.97. The first-order valence-electron chi connectivity index (χ1n) is 3.33. The molecule has 2 N–H and O–H groups in total. The normalized spacial score (nSPS) is 10.4. The summed E-state index contributed by atoms with van der Waals surface area (Å²) in [6.07, 6.45) is 0. The number of nitrogens with two attached hydrogens (primary N) is 1. The minimum atomic E-state index is 0.590. The topological polar surface area (TPSA) is 35.2 Å². The minimum Gasteiger partial charge on any atom is -0.375 e. The van der Waals surface area contributed by atoms with Crippen molar-refractivity contribution in [3.8, 4) is 0 Å². The zero-order chi connectivity index (χ0) is 8.10. The van der Waals surface area contributed by atoms with Crippen LogP contribution in [0.1, 0.15) is 4.88 Å². The molecule has 0 saturated carbocycles. The van der Waals surface area contributed by atoms with Gasteiger partial charge in [0.15, 0.2) is 0 Å². The van der Waals surface area contributed by atoms with Gasteiger partial charge in [-0.25, -0.2) is 0 Å². The molecule has 1 heterocycles. The van der Waals surface area contributed by atoms with E-state index in [2.05, 4.69) is 22.0 Å². The molecular formula is C7H10BrNOS. The molecule has 0 bridgehead atoms. The molecule has 0 radical (unpaired) electrons. The zero-order valence-electron chi connectivity index (χ0n) is 6.05. The lowest BCUT2D eigenvalue weighted by atomic mass is 10.5. The summed E-state index contributed by atoms with van der Waals surface area (Å²) in [6.45, 7) is 1.90. The van der Waals surface area contributed by atoms with Gasteiger partial charge in [-0.3, -0.25) is 0 Å². The predicted molar refractivity (Wildman–Crippen MR) is 50.7 cm³/mol. The summed E-state index contributed by atoms with van der Waals surface area (Å²) in [4.78, 5) is 1.23. The molecule has 0 aliphatic carbocycles. The molecule has 0 fully saturated rings. The molecule has 0 aromatic carbocycles. The summed E-state index contributed by atoms with van der Waals surface area (Å²) in [5.41, 5.74) is 5.27. The van der Waals surface area contributed by atoms with Gasteiger partial charge in [-0.15, -0.1) is 11.3 Å². The Labute approximate surface area is 78.5 Å². The van der Waals surface area contributed by atoms with E-state index in [9.17, 15) is 0 Å². The zero-order valence-corrected chi connectivity index (χ0v) is 8.45. The van der Waals surface area contributed by atoms with Gasteiger partial charge < -0.3 is 10.5 Å². The Kier molecular flexibility index (Phi) is 4.07. The third-order valence-electron chi connectivity index (χ3n) is 1.13. The van der Waals surface area contributed by atoms with Gasteiger partial charge in [0.2, 0.25) is 0 Å². The van der Waals surface area contributed by atoms with Crippen molar-refractivity contribution < 1.29 is 4.74 Å². The average Bonchev–Trinajstić information content (AvgIpc) is 2.37. The monoisotopic (exact) mass is 235 g/mol. The first-order valence-corrected chi connectivity index (χ1v) is 5.01. The molecule has 2 nitrogen and oxygen atoms in total. The van der Waals surface area contributed by atoms with E-state index in [1.54, 1.807) is 11.3 Å². The molecule has 0 aliphatic heterocycles. The van der Waals surface area contributed by atoms with Gasteiger partial charge in [-0.2, -0.15) is 0 Å². The molecule has 0 unspecified atom stereocenters. The molecule has 0 aliphatic rings. The molecule has 62 valence electrons. The van der Waals surface area contributed by atoms with Crippen molar-refractivity contribution in [3.63, 3.8) is 0 Å². The van der Waals surface area contributed by atoms with Crippen molar-refractivity contribution in [2.45, 2.75) is 6.61 Å². The highest BCUT2D eigenvalue weighted by Gasteiger charge is 1.95. The van der Waals surface area contributed by atoms with Gasteiger partial charge in [-0.05, 0) is 22.0 Å². The van der Waals surface area contributed by atoms with E-state index >= 15 is 0 Å². The van der Waals surface area contributed by atoms with Crippen molar-refractivity contribution in [1.29, 1.82) is 0 Å². The van der Waals surface area contributed by atoms with Crippen LogP contribution in [-0.2, 0) is 11.3 Å². The molecule has 1 aromatic heterocycles. The minimum absolute atomic E-state index is 0.590. The number of ether oxygens (including phenoxy) is 1. The number of hydrogen-bond donors (Lipinski definition) is 1. The van der Waals surface area contributed by atoms with Crippen molar-refractivity contribution >= 4 is 27.3 Å². The average molecular weight is 236 g/mol. The summed E-state index contributed by atoms with van der Waals surface area (Å²) >= 11 is 5.06. The predicted octanol–water partition coefficient (Wildman–Crippen LogP) is 1.99.